The van der Waals surface area contributed by atoms with Crippen LogP contribution < -0.4 is 5.32 Å². The van der Waals surface area contributed by atoms with E-state index in [1.807, 2.05) is 6.92 Å². The Hall–Kier alpha value is -4.40. The standard InChI is InChI=1S/C24H21N3O6/c1-14-11-18(16(3)27(14)22-12-15(2)33-26-22)20(28)13-32-24(30)17-7-4-5-8-19(17)25-23(29)21-9-6-10-31-21/h4-12H,13H2,1-3H3,(H,25,29). The zero-order valence-electron chi connectivity index (χ0n) is 18.2. The molecule has 0 unspecified atom stereocenters. The molecule has 0 spiro atoms. The molecule has 0 fully saturated rings. The van der Waals surface area contributed by atoms with Crippen LogP contribution in [0.25, 0.3) is 5.82 Å². The molecule has 1 aromatic carbocycles. The Morgan fingerprint density at radius 2 is 1.82 bits per heavy atom. The number of hydrogen-bond donors (Lipinski definition) is 1. The molecule has 9 heteroatoms. The van der Waals surface area contributed by atoms with Crippen molar-refractivity contribution in [1.29, 1.82) is 0 Å². The molecule has 1 amide bonds. The third-order valence-electron chi connectivity index (χ3n) is 5.05. The number of furan rings is 1. The van der Waals surface area contributed by atoms with E-state index in [9.17, 15) is 14.4 Å². The highest BCUT2D eigenvalue weighted by atomic mass is 16.5. The number of carbonyl (C=O) groups excluding carboxylic acids is 3. The summed E-state index contributed by atoms with van der Waals surface area (Å²) < 4.78 is 17.3. The van der Waals surface area contributed by atoms with Gasteiger partial charge in [-0.1, -0.05) is 17.3 Å². The van der Waals surface area contributed by atoms with Crippen molar-refractivity contribution in [2.45, 2.75) is 20.8 Å². The van der Waals surface area contributed by atoms with E-state index >= 15 is 0 Å². The topological polar surface area (TPSA) is 117 Å². The molecular weight excluding hydrogens is 426 g/mol. The number of benzene rings is 1. The van der Waals surface area contributed by atoms with Crippen molar-refractivity contribution < 1.29 is 28.1 Å². The summed E-state index contributed by atoms with van der Waals surface area (Å²) in [5.74, 6) is -0.283. The molecule has 4 aromatic rings. The van der Waals surface area contributed by atoms with Gasteiger partial charge in [-0.15, -0.1) is 0 Å². The number of ether oxygens (including phenoxy) is 1. The Morgan fingerprint density at radius 1 is 1.03 bits per heavy atom. The van der Waals surface area contributed by atoms with Crippen LogP contribution in [-0.4, -0.2) is 34.0 Å². The first-order valence-electron chi connectivity index (χ1n) is 10.1. The summed E-state index contributed by atoms with van der Waals surface area (Å²) in [5, 5.41) is 6.61. The number of anilines is 1. The van der Waals surface area contributed by atoms with Gasteiger partial charge in [0, 0.05) is 23.0 Å². The van der Waals surface area contributed by atoms with Crippen molar-refractivity contribution in [3.63, 3.8) is 0 Å². The Bertz CT molecular complexity index is 1330. The molecule has 3 aromatic heterocycles. The summed E-state index contributed by atoms with van der Waals surface area (Å²) in [6.07, 6.45) is 1.38. The number of para-hydroxylation sites is 1. The maximum Gasteiger partial charge on any atom is 0.340 e. The van der Waals surface area contributed by atoms with Crippen molar-refractivity contribution in [1.82, 2.24) is 9.72 Å². The molecule has 0 radical (unpaired) electrons. The van der Waals surface area contributed by atoms with E-state index in [-0.39, 0.29) is 22.8 Å². The highest BCUT2D eigenvalue weighted by Crippen LogP contribution is 2.22. The van der Waals surface area contributed by atoms with Gasteiger partial charge in [0.2, 0.25) is 5.78 Å². The van der Waals surface area contributed by atoms with Crippen LogP contribution in [0.4, 0.5) is 5.69 Å². The minimum atomic E-state index is -0.736. The predicted molar refractivity (Wildman–Crippen MR) is 118 cm³/mol. The van der Waals surface area contributed by atoms with E-state index in [1.165, 1.54) is 18.4 Å². The zero-order chi connectivity index (χ0) is 23.5. The zero-order valence-corrected chi connectivity index (χ0v) is 18.2. The second-order valence-electron chi connectivity index (χ2n) is 7.39. The maximum atomic E-state index is 12.8. The van der Waals surface area contributed by atoms with Crippen LogP contribution in [-0.2, 0) is 4.74 Å². The van der Waals surface area contributed by atoms with E-state index in [4.69, 9.17) is 13.7 Å². The van der Waals surface area contributed by atoms with Gasteiger partial charge in [0.05, 0.1) is 17.5 Å². The van der Waals surface area contributed by atoms with E-state index in [0.717, 1.165) is 5.69 Å². The second kappa shape index (κ2) is 8.99. The van der Waals surface area contributed by atoms with Gasteiger partial charge in [0.15, 0.2) is 18.2 Å². The summed E-state index contributed by atoms with van der Waals surface area (Å²) in [6, 6.07) is 12.9. The molecule has 0 saturated heterocycles. The Kier molecular flexibility index (Phi) is 5.95. The average molecular weight is 447 g/mol. The van der Waals surface area contributed by atoms with Crippen LogP contribution in [0.15, 0.2) is 63.7 Å². The predicted octanol–water partition coefficient (Wildman–Crippen LogP) is 4.28. The summed E-state index contributed by atoms with van der Waals surface area (Å²) in [6.45, 7) is 4.95. The molecule has 168 valence electrons. The van der Waals surface area contributed by atoms with E-state index in [0.29, 0.717) is 22.8 Å². The van der Waals surface area contributed by atoms with Crippen molar-refractivity contribution in [2.75, 3.05) is 11.9 Å². The fourth-order valence-electron chi connectivity index (χ4n) is 3.50. The summed E-state index contributed by atoms with van der Waals surface area (Å²) >= 11 is 0. The lowest BCUT2D eigenvalue weighted by atomic mass is 10.1. The molecule has 1 N–H and O–H groups in total. The number of nitrogens with one attached hydrogen (secondary N) is 1. The number of nitrogens with zero attached hydrogens (tertiary/aromatic N) is 2. The smallest absolute Gasteiger partial charge is 0.340 e. The van der Waals surface area contributed by atoms with Crippen LogP contribution in [0.3, 0.4) is 0 Å². The first-order valence-corrected chi connectivity index (χ1v) is 10.1. The third kappa shape index (κ3) is 4.47. The molecule has 0 aliphatic carbocycles. The van der Waals surface area contributed by atoms with Crippen LogP contribution in [0.5, 0.6) is 0 Å². The summed E-state index contributed by atoms with van der Waals surface area (Å²) in [7, 11) is 0. The largest absolute Gasteiger partial charge is 0.459 e. The third-order valence-corrected chi connectivity index (χ3v) is 5.05. The fraction of sp³-hybridized carbons (Fsp3) is 0.167. The number of aryl methyl sites for hydroxylation is 2. The molecule has 3 heterocycles. The lowest BCUT2D eigenvalue weighted by molar-refractivity contribution is 0.0475. The normalized spacial score (nSPS) is 10.8. The van der Waals surface area contributed by atoms with Crippen molar-refractivity contribution in [3.05, 3.63) is 88.8 Å². The number of hydrogen-bond acceptors (Lipinski definition) is 7. The van der Waals surface area contributed by atoms with Crippen LogP contribution in [0.1, 0.15) is 48.4 Å². The Balaban J connectivity index is 1.47. The first kappa shape index (κ1) is 21.8. The molecule has 0 aliphatic heterocycles. The number of ketones is 1. The summed E-state index contributed by atoms with van der Waals surface area (Å²) in [4.78, 5) is 37.7. The summed E-state index contributed by atoms with van der Waals surface area (Å²) in [5.41, 5.74) is 2.24. The van der Waals surface area contributed by atoms with Gasteiger partial charge < -0.3 is 19.0 Å². The van der Waals surface area contributed by atoms with Gasteiger partial charge in [-0.2, -0.15) is 0 Å². The van der Waals surface area contributed by atoms with Gasteiger partial charge >= 0.3 is 5.97 Å². The monoisotopic (exact) mass is 447 g/mol. The molecule has 33 heavy (non-hydrogen) atoms. The Labute approximate surface area is 188 Å². The van der Waals surface area contributed by atoms with Crippen molar-refractivity contribution in [3.8, 4) is 5.82 Å². The van der Waals surface area contributed by atoms with E-state index < -0.39 is 18.5 Å². The van der Waals surface area contributed by atoms with E-state index in [2.05, 4.69) is 10.5 Å². The number of carbonyl (C=O) groups is 3. The SMILES string of the molecule is Cc1cc(-n2c(C)cc(C(=O)COC(=O)c3ccccc3NC(=O)c3ccco3)c2C)no1. The number of Topliss-reactive ketones (excluding diaryl/α,β-unsaturated/α-hetero) is 1. The van der Waals surface area contributed by atoms with Crippen LogP contribution >= 0.6 is 0 Å². The number of rotatable bonds is 7. The minimum Gasteiger partial charge on any atom is -0.459 e. The van der Waals surface area contributed by atoms with Gasteiger partial charge in [-0.25, -0.2) is 4.79 Å². The molecule has 0 bridgehead atoms. The van der Waals surface area contributed by atoms with Gasteiger partial charge in [0.25, 0.3) is 5.91 Å². The minimum absolute atomic E-state index is 0.103. The molecule has 0 saturated carbocycles. The van der Waals surface area contributed by atoms with Gasteiger partial charge in [-0.05, 0) is 51.1 Å². The average Bonchev–Trinajstić information content (AvgIpc) is 3.53. The highest BCUT2D eigenvalue weighted by molar-refractivity contribution is 6.07. The van der Waals surface area contributed by atoms with Crippen molar-refractivity contribution >= 4 is 23.3 Å². The molecule has 0 atom stereocenters. The molecular formula is C24H21N3O6. The number of aromatic nitrogens is 2. The molecule has 4 rings (SSSR count). The highest BCUT2D eigenvalue weighted by Gasteiger charge is 2.21. The number of amides is 1. The fourth-order valence-corrected chi connectivity index (χ4v) is 3.50. The molecule has 0 aliphatic rings. The Morgan fingerprint density at radius 3 is 2.52 bits per heavy atom. The van der Waals surface area contributed by atoms with Gasteiger partial charge in [-0.3, -0.25) is 14.2 Å². The van der Waals surface area contributed by atoms with Crippen LogP contribution in [0.2, 0.25) is 0 Å². The first-order chi connectivity index (χ1) is 15.8. The maximum absolute atomic E-state index is 12.8. The lowest BCUT2D eigenvalue weighted by Gasteiger charge is -2.10. The molecule has 9 nitrogen and oxygen atoms in total. The number of esters is 1. The van der Waals surface area contributed by atoms with Crippen LogP contribution in [0, 0.1) is 20.8 Å². The lowest BCUT2D eigenvalue weighted by Crippen LogP contribution is -2.18. The van der Waals surface area contributed by atoms with E-state index in [1.54, 1.807) is 54.8 Å². The van der Waals surface area contributed by atoms with Gasteiger partial charge in [0.1, 0.15) is 5.76 Å². The van der Waals surface area contributed by atoms with Crippen molar-refractivity contribution in [2.24, 2.45) is 0 Å². The quantitative estimate of drug-likeness (QED) is 0.332. The second-order valence-corrected chi connectivity index (χ2v) is 7.39.